The van der Waals surface area contributed by atoms with Crippen molar-refractivity contribution in [2.45, 2.75) is 6.92 Å². The van der Waals surface area contributed by atoms with Crippen molar-refractivity contribution in [3.05, 3.63) is 33.6 Å². The molecule has 3 nitrogen and oxygen atoms in total. The Morgan fingerprint density at radius 2 is 2.24 bits per heavy atom. The van der Waals surface area contributed by atoms with E-state index in [-0.39, 0.29) is 0 Å². The lowest BCUT2D eigenvalue weighted by Gasteiger charge is -1.90. The molecule has 0 bridgehead atoms. The molecule has 0 unspecified atom stereocenters. The van der Waals surface area contributed by atoms with Crippen molar-refractivity contribution in [1.82, 2.24) is 9.97 Å². The van der Waals surface area contributed by atoms with E-state index in [0.29, 0.717) is 5.69 Å². The van der Waals surface area contributed by atoms with Gasteiger partial charge >= 0.3 is 0 Å². The van der Waals surface area contributed by atoms with Crippen LogP contribution in [0.5, 0.6) is 0 Å². The van der Waals surface area contributed by atoms with E-state index in [1.54, 1.807) is 11.3 Å². The molecule has 1 aromatic carbocycles. The van der Waals surface area contributed by atoms with Crippen LogP contribution in [0.4, 0.5) is 5.69 Å². The first-order chi connectivity index (χ1) is 8.15. The normalized spacial score (nSPS) is 11.2. The fourth-order valence-corrected chi connectivity index (χ4v) is 3.23. The Hall–Kier alpha value is -1.33. The minimum atomic E-state index is 0.706. The number of hydrogen-bond acceptors (Lipinski definition) is 3. The number of thiophene rings is 1. The van der Waals surface area contributed by atoms with Crippen LogP contribution in [-0.2, 0) is 0 Å². The van der Waals surface area contributed by atoms with E-state index in [1.165, 1.54) is 5.56 Å². The average molecular weight is 308 g/mol. The molecule has 0 spiro atoms. The van der Waals surface area contributed by atoms with Gasteiger partial charge in [0.25, 0.3) is 0 Å². The number of hydrogen-bond donors (Lipinski definition) is 2. The van der Waals surface area contributed by atoms with Gasteiger partial charge in [-0.2, -0.15) is 0 Å². The summed E-state index contributed by atoms with van der Waals surface area (Å²) in [5.74, 6) is 0.872. The van der Waals surface area contributed by atoms with Gasteiger partial charge < -0.3 is 10.7 Å². The van der Waals surface area contributed by atoms with Crippen LogP contribution in [-0.4, -0.2) is 9.97 Å². The lowest BCUT2D eigenvalue weighted by molar-refractivity contribution is 1.35. The summed E-state index contributed by atoms with van der Waals surface area (Å²) in [6.45, 7) is 2.07. The molecule has 2 aromatic heterocycles. The second kappa shape index (κ2) is 3.85. The Kier molecular flexibility index (Phi) is 2.45. The minimum Gasteiger partial charge on any atom is -0.397 e. The van der Waals surface area contributed by atoms with E-state index >= 15 is 0 Å². The summed E-state index contributed by atoms with van der Waals surface area (Å²) in [6, 6.07) is 7.89. The Morgan fingerprint density at radius 1 is 1.41 bits per heavy atom. The molecule has 3 aromatic rings. The number of aromatic nitrogens is 2. The molecule has 0 atom stereocenters. The first-order valence-corrected chi connectivity index (χ1v) is 6.76. The van der Waals surface area contributed by atoms with Gasteiger partial charge in [-0.1, -0.05) is 6.07 Å². The Morgan fingerprint density at radius 3 is 2.88 bits per heavy atom. The predicted octanol–water partition coefficient (Wildman–Crippen LogP) is 3.94. The summed E-state index contributed by atoms with van der Waals surface area (Å²) < 4.78 is 1.14. The number of imidazole rings is 1. The molecule has 3 N–H and O–H groups in total. The highest BCUT2D eigenvalue weighted by molar-refractivity contribution is 9.11. The number of halogens is 1. The number of aryl methyl sites for hydroxylation is 1. The smallest absolute Gasteiger partial charge is 0.148 e. The van der Waals surface area contributed by atoms with Crippen LogP contribution in [0.25, 0.3) is 21.7 Å². The van der Waals surface area contributed by atoms with E-state index in [1.807, 2.05) is 18.2 Å². The van der Waals surface area contributed by atoms with Crippen LogP contribution in [0.15, 0.2) is 28.1 Å². The summed E-state index contributed by atoms with van der Waals surface area (Å²) in [5, 5.41) is 0. The number of rotatable bonds is 1. The molecule has 17 heavy (non-hydrogen) atoms. The first-order valence-electron chi connectivity index (χ1n) is 5.15. The zero-order chi connectivity index (χ0) is 12.0. The highest BCUT2D eigenvalue weighted by atomic mass is 79.9. The molecule has 2 heterocycles. The predicted molar refractivity (Wildman–Crippen MR) is 76.3 cm³/mol. The maximum absolute atomic E-state index is 5.89. The van der Waals surface area contributed by atoms with Crippen LogP contribution in [0, 0.1) is 6.92 Å². The number of benzene rings is 1. The van der Waals surface area contributed by atoms with Gasteiger partial charge in [0.1, 0.15) is 11.3 Å². The molecule has 0 amide bonds. The lowest BCUT2D eigenvalue weighted by Crippen LogP contribution is -1.84. The number of nitrogens with one attached hydrogen (secondary N) is 1. The standard InChI is InChI=1S/C12H10BrN3S/c1-6-5-9(17-11(6)13)12-15-8-4-2-3-7(14)10(8)16-12/h2-5H,14H2,1H3,(H,15,16). The third kappa shape index (κ3) is 1.75. The number of nitrogen functional groups attached to an aromatic ring is 1. The van der Waals surface area contributed by atoms with Crippen molar-refractivity contribution in [3.63, 3.8) is 0 Å². The van der Waals surface area contributed by atoms with Crippen LogP contribution < -0.4 is 5.73 Å². The minimum absolute atomic E-state index is 0.706. The number of anilines is 1. The van der Waals surface area contributed by atoms with Gasteiger partial charge in [0.15, 0.2) is 0 Å². The fraction of sp³-hybridized carbons (Fsp3) is 0.0833. The van der Waals surface area contributed by atoms with E-state index in [0.717, 1.165) is 25.5 Å². The summed E-state index contributed by atoms with van der Waals surface area (Å²) >= 11 is 5.19. The van der Waals surface area contributed by atoms with E-state index in [9.17, 15) is 0 Å². The monoisotopic (exact) mass is 307 g/mol. The molecule has 0 saturated heterocycles. The van der Waals surface area contributed by atoms with Crippen molar-refractivity contribution < 1.29 is 0 Å². The summed E-state index contributed by atoms with van der Waals surface area (Å²) in [5.41, 5.74) is 9.63. The van der Waals surface area contributed by atoms with Crippen molar-refractivity contribution in [2.24, 2.45) is 0 Å². The van der Waals surface area contributed by atoms with Crippen LogP contribution in [0.3, 0.4) is 0 Å². The van der Waals surface area contributed by atoms with Gasteiger partial charge in [-0.05, 0) is 46.6 Å². The van der Waals surface area contributed by atoms with Gasteiger partial charge in [-0.3, -0.25) is 0 Å². The number of aromatic amines is 1. The maximum Gasteiger partial charge on any atom is 0.148 e. The second-order valence-corrected chi connectivity index (χ2v) is 6.27. The number of nitrogens with two attached hydrogens (primary N) is 1. The van der Waals surface area contributed by atoms with Crippen molar-refractivity contribution in [2.75, 3.05) is 5.73 Å². The molecule has 0 fully saturated rings. The number of nitrogens with zero attached hydrogens (tertiary/aromatic N) is 1. The van der Waals surface area contributed by atoms with Gasteiger partial charge in [0.05, 0.1) is 19.9 Å². The zero-order valence-corrected chi connectivity index (χ0v) is 11.5. The molecular weight excluding hydrogens is 298 g/mol. The lowest BCUT2D eigenvalue weighted by atomic mass is 10.3. The third-order valence-corrected chi connectivity index (χ3v) is 4.78. The van der Waals surface area contributed by atoms with Gasteiger partial charge in [0.2, 0.25) is 0 Å². The van der Waals surface area contributed by atoms with E-state index in [2.05, 4.69) is 38.9 Å². The Balaban J connectivity index is 2.21. The molecule has 0 aliphatic carbocycles. The summed E-state index contributed by atoms with van der Waals surface area (Å²) in [6.07, 6.45) is 0. The molecule has 0 aliphatic rings. The molecule has 86 valence electrons. The SMILES string of the molecule is Cc1cc(-c2nc3c(N)cccc3[nH]2)sc1Br. The van der Waals surface area contributed by atoms with Crippen molar-refractivity contribution in [1.29, 1.82) is 0 Å². The third-order valence-electron chi connectivity index (χ3n) is 2.63. The average Bonchev–Trinajstić information content (AvgIpc) is 2.85. The van der Waals surface area contributed by atoms with Crippen LogP contribution in [0.2, 0.25) is 0 Å². The Labute approximate surface area is 111 Å². The van der Waals surface area contributed by atoms with Crippen LogP contribution >= 0.6 is 27.3 Å². The molecule has 3 rings (SSSR count). The van der Waals surface area contributed by atoms with E-state index in [4.69, 9.17) is 5.73 Å². The van der Waals surface area contributed by atoms with Gasteiger partial charge in [-0.15, -0.1) is 11.3 Å². The van der Waals surface area contributed by atoms with Crippen molar-refractivity contribution >= 4 is 44.0 Å². The molecular formula is C12H10BrN3S. The topological polar surface area (TPSA) is 54.7 Å². The quantitative estimate of drug-likeness (QED) is 0.669. The highest BCUT2D eigenvalue weighted by Gasteiger charge is 2.10. The fourth-order valence-electron chi connectivity index (χ4n) is 1.75. The largest absolute Gasteiger partial charge is 0.397 e. The van der Waals surface area contributed by atoms with Gasteiger partial charge in [0, 0.05) is 0 Å². The van der Waals surface area contributed by atoms with Crippen LogP contribution in [0.1, 0.15) is 5.56 Å². The molecule has 0 saturated carbocycles. The molecule has 0 aliphatic heterocycles. The zero-order valence-electron chi connectivity index (χ0n) is 9.12. The number of para-hydroxylation sites is 1. The molecule has 5 heteroatoms. The Bertz CT molecular complexity index is 679. The summed E-state index contributed by atoms with van der Waals surface area (Å²) in [7, 11) is 0. The number of fused-ring (bicyclic) bond motifs is 1. The maximum atomic E-state index is 5.89. The van der Waals surface area contributed by atoms with E-state index < -0.39 is 0 Å². The second-order valence-electron chi connectivity index (χ2n) is 3.90. The van der Waals surface area contributed by atoms with Crippen molar-refractivity contribution in [3.8, 4) is 10.7 Å². The molecule has 0 radical (unpaired) electrons. The first kappa shape index (κ1) is 10.8. The number of H-pyrrole nitrogens is 1. The van der Waals surface area contributed by atoms with Gasteiger partial charge in [-0.25, -0.2) is 4.98 Å². The highest BCUT2D eigenvalue weighted by Crippen LogP contribution is 2.34. The summed E-state index contributed by atoms with van der Waals surface area (Å²) in [4.78, 5) is 8.95.